The Balaban J connectivity index is 2.22. The van der Waals surface area contributed by atoms with E-state index in [2.05, 4.69) is 15.5 Å². The van der Waals surface area contributed by atoms with Crippen molar-refractivity contribution in [3.8, 4) is 0 Å². The van der Waals surface area contributed by atoms with Gasteiger partial charge in [-0.25, -0.2) is 0 Å². The predicted molar refractivity (Wildman–Crippen MR) is 51.4 cm³/mol. The minimum absolute atomic E-state index is 0.0188. The Labute approximate surface area is 82.5 Å². The van der Waals surface area contributed by atoms with Crippen LogP contribution in [0.15, 0.2) is 6.33 Å². The fraction of sp³-hybridized carbons (Fsp3) is 0.625. The normalized spacial score (nSPS) is 10.1. The molecule has 0 saturated carbocycles. The molecule has 0 spiro atoms. The molecule has 1 aromatic rings. The maximum atomic E-state index is 11.0. The van der Waals surface area contributed by atoms with Gasteiger partial charge in [0.1, 0.15) is 12.2 Å². The molecule has 0 atom stereocenters. The summed E-state index contributed by atoms with van der Waals surface area (Å²) in [5.74, 6) is 0.840. The smallest absolute Gasteiger partial charge is 0.221 e. The van der Waals surface area contributed by atoms with Crippen LogP contribution in [0.2, 0.25) is 0 Å². The van der Waals surface area contributed by atoms with Crippen molar-refractivity contribution < 1.29 is 4.79 Å². The van der Waals surface area contributed by atoms with Crippen LogP contribution >= 0.6 is 0 Å². The van der Waals surface area contributed by atoms with Gasteiger partial charge in [-0.1, -0.05) is 0 Å². The molecule has 78 valence electrons. The molecule has 1 amide bonds. The summed E-state index contributed by atoms with van der Waals surface area (Å²) in [6.45, 7) is 0.959. The highest BCUT2D eigenvalue weighted by molar-refractivity contribution is 5.75. The van der Waals surface area contributed by atoms with Gasteiger partial charge >= 0.3 is 0 Å². The van der Waals surface area contributed by atoms with Crippen LogP contribution in [0.25, 0.3) is 0 Å². The third-order valence-electron chi connectivity index (χ3n) is 1.85. The molecule has 3 N–H and O–H groups in total. The lowest BCUT2D eigenvalue weighted by atomic mass is 10.3. The Morgan fingerprint density at radius 2 is 2.50 bits per heavy atom. The highest BCUT2D eigenvalue weighted by Crippen LogP contribution is 1.91. The molecule has 14 heavy (non-hydrogen) atoms. The van der Waals surface area contributed by atoms with Gasteiger partial charge in [0.05, 0.1) is 0 Å². The van der Waals surface area contributed by atoms with Crippen molar-refractivity contribution in [3.05, 3.63) is 12.2 Å². The zero-order chi connectivity index (χ0) is 10.4. The molecule has 1 heterocycles. The second kappa shape index (κ2) is 5.33. The first-order valence-corrected chi connectivity index (χ1v) is 4.53. The lowest BCUT2D eigenvalue weighted by Crippen LogP contribution is -2.28. The van der Waals surface area contributed by atoms with Gasteiger partial charge in [-0.05, 0) is 0 Å². The van der Waals surface area contributed by atoms with Crippen LogP contribution < -0.4 is 11.1 Å². The molecule has 0 aromatic carbocycles. The quantitative estimate of drug-likeness (QED) is 0.622. The number of amides is 1. The number of carbonyl (C=O) groups excluding carboxylic acids is 1. The average molecular weight is 197 g/mol. The number of aryl methyl sites for hydroxylation is 1. The average Bonchev–Trinajstić information content (AvgIpc) is 2.52. The summed E-state index contributed by atoms with van der Waals surface area (Å²) in [5.41, 5.74) is 5.23. The SMILES string of the molecule is Cn1cnnc1CCNC(=O)CCN. The molecular formula is C8H15N5O. The van der Waals surface area contributed by atoms with Crippen molar-refractivity contribution in [1.29, 1.82) is 0 Å². The van der Waals surface area contributed by atoms with E-state index in [0.717, 1.165) is 5.82 Å². The topological polar surface area (TPSA) is 85.8 Å². The second-order valence-electron chi connectivity index (χ2n) is 3.00. The molecule has 0 aliphatic carbocycles. The number of nitrogens with one attached hydrogen (secondary N) is 1. The Hall–Kier alpha value is -1.43. The summed E-state index contributed by atoms with van der Waals surface area (Å²) >= 11 is 0. The monoisotopic (exact) mass is 197 g/mol. The van der Waals surface area contributed by atoms with Crippen molar-refractivity contribution >= 4 is 5.91 Å². The van der Waals surface area contributed by atoms with Crippen molar-refractivity contribution in [3.63, 3.8) is 0 Å². The number of hydrogen-bond donors (Lipinski definition) is 2. The van der Waals surface area contributed by atoms with E-state index in [-0.39, 0.29) is 5.91 Å². The largest absolute Gasteiger partial charge is 0.356 e. The summed E-state index contributed by atoms with van der Waals surface area (Å²) < 4.78 is 1.83. The van der Waals surface area contributed by atoms with Crippen LogP contribution in [0.4, 0.5) is 0 Å². The maximum absolute atomic E-state index is 11.0. The molecule has 0 bridgehead atoms. The summed E-state index contributed by atoms with van der Waals surface area (Å²) in [4.78, 5) is 11.0. The van der Waals surface area contributed by atoms with Crippen LogP contribution in [-0.2, 0) is 18.3 Å². The number of nitrogens with zero attached hydrogens (tertiary/aromatic N) is 3. The van der Waals surface area contributed by atoms with Crippen LogP contribution in [0, 0.1) is 0 Å². The van der Waals surface area contributed by atoms with Gasteiger partial charge in [-0.15, -0.1) is 10.2 Å². The number of nitrogens with two attached hydrogens (primary N) is 1. The minimum atomic E-state index is -0.0188. The first-order valence-electron chi connectivity index (χ1n) is 4.53. The number of carbonyl (C=O) groups is 1. The van der Waals surface area contributed by atoms with Gasteiger partial charge in [0.15, 0.2) is 0 Å². The van der Waals surface area contributed by atoms with E-state index in [1.165, 1.54) is 0 Å². The van der Waals surface area contributed by atoms with Crippen LogP contribution in [0.5, 0.6) is 0 Å². The van der Waals surface area contributed by atoms with E-state index in [4.69, 9.17) is 5.73 Å². The molecule has 0 unspecified atom stereocenters. The summed E-state index contributed by atoms with van der Waals surface area (Å²) in [6, 6.07) is 0. The second-order valence-corrected chi connectivity index (χ2v) is 3.00. The van der Waals surface area contributed by atoms with Crippen molar-refractivity contribution in [1.82, 2.24) is 20.1 Å². The van der Waals surface area contributed by atoms with Crippen molar-refractivity contribution in [2.75, 3.05) is 13.1 Å². The highest BCUT2D eigenvalue weighted by Gasteiger charge is 2.02. The zero-order valence-electron chi connectivity index (χ0n) is 8.23. The van der Waals surface area contributed by atoms with Crippen molar-refractivity contribution in [2.45, 2.75) is 12.8 Å². The van der Waals surface area contributed by atoms with E-state index < -0.39 is 0 Å². The fourth-order valence-corrected chi connectivity index (χ4v) is 1.07. The molecule has 0 aliphatic heterocycles. The molecule has 0 saturated heterocycles. The van der Waals surface area contributed by atoms with Crippen LogP contribution in [0.3, 0.4) is 0 Å². The zero-order valence-corrected chi connectivity index (χ0v) is 8.23. The van der Waals surface area contributed by atoms with Gasteiger partial charge in [0, 0.05) is 33.0 Å². The Morgan fingerprint density at radius 3 is 3.07 bits per heavy atom. The van der Waals surface area contributed by atoms with Crippen LogP contribution in [0.1, 0.15) is 12.2 Å². The lowest BCUT2D eigenvalue weighted by Gasteiger charge is -2.03. The number of hydrogen-bond acceptors (Lipinski definition) is 4. The molecule has 1 aromatic heterocycles. The summed E-state index contributed by atoms with van der Waals surface area (Å²) in [6.07, 6.45) is 2.70. The third-order valence-corrected chi connectivity index (χ3v) is 1.85. The van der Waals surface area contributed by atoms with Gasteiger partial charge in [0.25, 0.3) is 0 Å². The highest BCUT2D eigenvalue weighted by atomic mass is 16.1. The molecule has 6 nitrogen and oxygen atoms in total. The van der Waals surface area contributed by atoms with E-state index in [1.807, 2.05) is 11.6 Å². The summed E-state index contributed by atoms with van der Waals surface area (Å²) in [7, 11) is 1.87. The molecule has 6 heteroatoms. The number of aromatic nitrogens is 3. The standard InChI is InChI=1S/C8H15N5O/c1-13-6-11-12-7(13)3-5-10-8(14)2-4-9/h6H,2-5,9H2,1H3,(H,10,14). The first kappa shape index (κ1) is 10.6. The number of rotatable bonds is 5. The molecule has 0 aliphatic rings. The van der Waals surface area contributed by atoms with Gasteiger partial charge in [0.2, 0.25) is 5.91 Å². The van der Waals surface area contributed by atoms with Crippen molar-refractivity contribution in [2.24, 2.45) is 12.8 Å². The van der Waals surface area contributed by atoms with Gasteiger partial charge in [-0.3, -0.25) is 4.79 Å². The van der Waals surface area contributed by atoms with E-state index in [0.29, 0.717) is 25.9 Å². The van der Waals surface area contributed by atoms with Crippen LogP contribution in [-0.4, -0.2) is 33.8 Å². The third kappa shape index (κ3) is 3.14. The Morgan fingerprint density at radius 1 is 1.71 bits per heavy atom. The van der Waals surface area contributed by atoms with E-state index in [9.17, 15) is 4.79 Å². The fourth-order valence-electron chi connectivity index (χ4n) is 1.07. The van der Waals surface area contributed by atoms with E-state index >= 15 is 0 Å². The predicted octanol–water partition coefficient (Wildman–Crippen LogP) is -1.18. The lowest BCUT2D eigenvalue weighted by molar-refractivity contribution is -0.120. The Bertz CT molecular complexity index is 296. The maximum Gasteiger partial charge on any atom is 0.221 e. The molecular weight excluding hydrogens is 182 g/mol. The molecule has 0 radical (unpaired) electrons. The first-order chi connectivity index (χ1) is 6.74. The Kier molecular flexibility index (Phi) is 4.06. The molecule has 1 rings (SSSR count). The molecule has 0 fully saturated rings. The van der Waals surface area contributed by atoms with E-state index in [1.54, 1.807) is 6.33 Å². The van der Waals surface area contributed by atoms with Gasteiger partial charge in [-0.2, -0.15) is 0 Å². The minimum Gasteiger partial charge on any atom is -0.356 e. The van der Waals surface area contributed by atoms with Gasteiger partial charge < -0.3 is 15.6 Å². The summed E-state index contributed by atoms with van der Waals surface area (Å²) in [5, 5.41) is 10.4.